The summed E-state index contributed by atoms with van der Waals surface area (Å²) in [5, 5.41) is 3.46. The third kappa shape index (κ3) is 6.67. The van der Waals surface area contributed by atoms with Gasteiger partial charge in [-0.3, -0.25) is 0 Å². The van der Waals surface area contributed by atoms with Crippen LogP contribution in [0.3, 0.4) is 0 Å². The first kappa shape index (κ1) is 16.1. The monoisotopic (exact) mass is 269 g/mol. The number of hydrogen-bond donors (Lipinski definition) is 1. The molecule has 1 aromatic carbocycles. The van der Waals surface area contributed by atoms with Gasteiger partial charge in [0, 0.05) is 5.54 Å². The summed E-state index contributed by atoms with van der Waals surface area (Å²) in [7, 11) is 0. The van der Waals surface area contributed by atoms with Crippen molar-refractivity contribution in [1.29, 1.82) is 0 Å². The van der Waals surface area contributed by atoms with Gasteiger partial charge in [-0.1, -0.05) is 13.0 Å². The van der Waals surface area contributed by atoms with Gasteiger partial charge in [0.2, 0.25) is 0 Å². The van der Waals surface area contributed by atoms with Crippen molar-refractivity contribution < 1.29 is 8.78 Å². The summed E-state index contributed by atoms with van der Waals surface area (Å²) in [5.41, 5.74) is 1.02. The molecule has 0 heterocycles. The van der Waals surface area contributed by atoms with E-state index in [1.807, 2.05) is 0 Å². The van der Waals surface area contributed by atoms with E-state index in [0.29, 0.717) is 5.92 Å². The first-order chi connectivity index (χ1) is 8.78. The summed E-state index contributed by atoms with van der Waals surface area (Å²) in [6.07, 6.45) is 2.89. The smallest absolute Gasteiger partial charge is 0.159 e. The summed E-state index contributed by atoms with van der Waals surface area (Å²) in [6.45, 7) is 9.64. The van der Waals surface area contributed by atoms with Crippen LogP contribution in [0.4, 0.5) is 8.78 Å². The van der Waals surface area contributed by atoms with Crippen molar-refractivity contribution in [3.8, 4) is 0 Å². The highest BCUT2D eigenvalue weighted by Gasteiger charge is 2.10. The molecule has 0 saturated carbocycles. The Hall–Kier alpha value is -0.960. The normalized spacial score (nSPS) is 13.6. The van der Waals surface area contributed by atoms with Crippen LogP contribution in [0.1, 0.15) is 46.1 Å². The third-order valence-electron chi connectivity index (χ3n) is 3.20. The molecule has 1 rings (SSSR count). The van der Waals surface area contributed by atoms with Gasteiger partial charge >= 0.3 is 0 Å². The minimum absolute atomic E-state index is 0.153. The lowest BCUT2D eigenvalue weighted by molar-refractivity contribution is 0.386. The predicted molar refractivity (Wildman–Crippen MR) is 76.2 cm³/mol. The second kappa shape index (κ2) is 6.99. The highest BCUT2D eigenvalue weighted by atomic mass is 19.2. The molecule has 0 bridgehead atoms. The van der Waals surface area contributed by atoms with Crippen molar-refractivity contribution in [3.63, 3.8) is 0 Å². The Morgan fingerprint density at radius 1 is 1.11 bits per heavy atom. The van der Waals surface area contributed by atoms with E-state index in [1.165, 1.54) is 12.1 Å². The van der Waals surface area contributed by atoms with E-state index < -0.39 is 11.6 Å². The molecule has 0 saturated heterocycles. The Balaban J connectivity index is 2.29. The number of benzene rings is 1. The fourth-order valence-corrected chi connectivity index (χ4v) is 1.95. The molecule has 108 valence electrons. The van der Waals surface area contributed by atoms with Crippen LogP contribution in [0.15, 0.2) is 18.2 Å². The molecule has 0 fully saturated rings. The molecular weight excluding hydrogens is 244 g/mol. The van der Waals surface area contributed by atoms with Gasteiger partial charge in [0.25, 0.3) is 0 Å². The maximum absolute atomic E-state index is 13.1. The first-order valence-corrected chi connectivity index (χ1v) is 6.97. The minimum atomic E-state index is -0.772. The van der Waals surface area contributed by atoms with E-state index in [4.69, 9.17) is 0 Å². The van der Waals surface area contributed by atoms with Gasteiger partial charge < -0.3 is 5.32 Å². The Morgan fingerprint density at radius 3 is 2.37 bits per heavy atom. The van der Waals surface area contributed by atoms with Crippen LogP contribution >= 0.6 is 0 Å². The predicted octanol–water partition coefficient (Wildman–Crippen LogP) is 4.31. The average molecular weight is 269 g/mol. The molecule has 0 spiro atoms. The summed E-state index contributed by atoms with van der Waals surface area (Å²) in [6, 6.07) is 4.17. The molecule has 0 aromatic heterocycles. The van der Waals surface area contributed by atoms with Crippen LogP contribution in [-0.4, -0.2) is 12.1 Å². The molecule has 1 nitrogen and oxygen atoms in total. The SMILES string of the molecule is CC(CCNC(C)(C)C)CCc1ccc(F)c(F)c1. The van der Waals surface area contributed by atoms with Crippen LogP contribution in [0.25, 0.3) is 0 Å². The van der Waals surface area contributed by atoms with Gasteiger partial charge in [0.1, 0.15) is 0 Å². The molecular formula is C16H25F2N. The van der Waals surface area contributed by atoms with E-state index in [1.54, 1.807) is 6.07 Å². The average Bonchev–Trinajstić information content (AvgIpc) is 2.29. The van der Waals surface area contributed by atoms with E-state index in [0.717, 1.165) is 31.4 Å². The fourth-order valence-electron chi connectivity index (χ4n) is 1.95. The largest absolute Gasteiger partial charge is 0.312 e. The van der Waals surface area contributed by atoms with Gasteiger partial charge in [0.15, 0.2) is 11.6 Å². The molecule has 0 aliphatic carbocycles. The zero-order chi connectivity index (χ0) is 14.5. The lowest BCUT2D eigenvalue weighted by atomic mass is 9.97. The van der Waals surface area contributed by atoms with E-state index in [-0.39, 0.29) is 5.54 Å². The fraction of sp³-hybridized carbons (Fsp3) is 0.625. The van der Waals surface area contributed by atoms with Crippen molar-refractivity contribution in [2.24, 2.45) is 5.92 Å². The zero-order valence-electron chi connectivity index (χ0n) is 12.4. The Kier molecular flexibility index (Phi) is 5.92. The van der Waals surface area contributed by atoms with Gasteiger partial charge in [-0.15, -0.1) is 0 Å². The number of rotatable bonds is 6. The zero-order valence-corrected chi connectivity index (χ0v) is 12.4. The molecule has 1 N–H and O–H groups in total. The molecule has 1 aromatic rings. The van der Waals surface area contributed by atoms with Crippen LogP contribution in [-0.2, 0) is 6.42 Å². The summed E-state index contributed by atoms with van der Waals surface area (Å²) < 4.78 is 25.8. The van der Waals surface area contributed by atoms with Crippen LogP contribution < -0.4 is 5.32 Å². The van der Waals surface area contributed by atoms with Gasteiger partial charge in [-0.25, -0.2) is 8.78 Å². The van der Waals surface area contributed by atoms with Gasteiger partial charge in [0.05, 0.1) is 0 Å². The van der Waals surface area contributed by atoms with Gasteiger partial charge in [-0.05, 0) is 70.2 Å². The highest BCUT2D eigenvalue weighted by molar-refractivity contribution is 5.17. The maximum atomic E-state index is 13.1. The molecule has 1 atom stereocenters. The van der Waals surface area contributed by atoms with Crippen LogP contribution in [0, 0.1) is 17.6 Å². The molecule has 0 aliphatic heterocycles. The minimum Gasteiger partial charge on any atom is -0.312 e. The molecule has 1 unspecified atom stereocenters. The number of aryl methyl sites for hydroxylation is 1. The van der Waals surface area contributed by atoms with E-state index >= 15 is 0 Å². The van der Waals surface area contributed by atoms with E-state index in [2.05, 4.69) is 33.0 Å². The highest BCUT2D eigenvalue weighted by Crippen LogP contribution is 2.15. The van der Waals surface area contributed by atoms with Crippen molar-refractivity contribution in [2.45, 2.75) is 52.5 Å². The van der Waals surface area contributed by atoms with E-state index in [9.17, 15) is 8.78 Å². The summed E-state index contributed by atoms with van der Waals surface area (Å²) in [4.78, 5) is 0. The lowest BCUT2D eigenvalue weighted by Gasteiger charge is -2.22. The Morgan fingerprint density at radius 2 is 1.79 bits per heavy atom. The van der Waals surface area contributed by atoms with Crippen molar-refractivity contribution in [1.82, 2.24) is 5.32 Å². The number of nitrogens with one attached hydrogen (secondary N) is 1. The summed E-state index contributed by atoms with van der Waals surface area (Å²) in [5.74, 6) is -0.950. The first-order valence-electron chi connectivity index (χ1n) is 6.97. The second-order valence-electron chi connectivity index (χ2n) is 6.36. The standard InChI is InChI=1S/C16H25F2N/c1-12(9-10-19-16(2,3)4)5-6-13-7-8-14(17)15(18)11-13/h7-8,11-12,19H,5-6,9-10H2,1-4H3. The Bertz CT molecular complexity index is 396. The number of halogens is 2. The van der Waals surface area contributed by atoms with Crippen molar-refractivity contribution in [2.75, 3.05) is 6.54 Å². The molecule has 3 heteroatoms. The third-order valence-corrected chi connectivity index (χ3v) is 3.20. The summed E-state index contributed by atoms with van der Waals surface area (Å²) >= 11 is 0. The van der Waals surface area contributed by atoms with Crippen LogP contribution in [0.2, 0.25) is 0 Å². The number of hydrogen-bond acceptors (Lipinski definition) is 1. The maximum Gasteiger partial charge on any atom is 0.159 e. The van der Waals surface area contributed by atoms with Crippen molar-refractivity contribution >= 4 is 0 Å². The van der Waals surface area contributed by atoms with Crippen LogP contribution in [0.5, 0.6) is 0 Å². The van der Waals surface area contributed by atoms with Gasteiger partial charge in [-0.2, -0.15) is 0 Å². The topological polar surface area (TPSA) is 12.0 Å². The second-order valence-corrected chi connectivity index (χ2v) is 6.36. The lowest BCUT2D eigenvalue weighted by Crippen LogP contribution is -2.36. The Labute approximate surface area is 115 Å². The molecule has 0 aliphatic rings. The molecule has 0 radical (unpaired) electrons. The molecule has 19 heavy (non-hydrogen) atoms. The molecule has 0 amide bonds. The quantitative estimate of drug-likeness (QED) is 0.811. The van der Waals surface area contributed by atoms with Crippen molar-refractivity contribution in [3.05, 3.63) is 35.4 Å².